The average molecular weight is 336 g/mol. The van der Waals surface area contributed by atoms with Gasteiger partial charge in [0.2, 0.25) is 0 Å². The third kappa shape index (κ3) is 4.70. The number of benzene rings is 2. The molecule has 0 bridgehead atoms. The highest BCUT2D eigenvalue weighted by molar-refractivity contribution is 5.94. The van der Waals surface area contributed by atoms with E-state index >= 15 is 0 Å². The SMILES string of the molecule is CCCCNC(=O)c1ccc(CNCc2cc3ccccc3o2)cc1. The van der Waals surface area contributed by atoms with Gasteiger partial charge in [-0.2, -0.15) is 0 Å². The first-order valence-corrected chi connectivity index (χ1v) is 8.81. The lowest BCUT2D eigenvalue weighted by Crippen LogP contribution is -2.24. The first-order valence-electron chi connectivity index (χ1n) is 8.81. The minimum absolute atomic E-state index is 0.00441. The summed E-state index contributed by atoms with van der Waals surface area (Å²) >= 11 is 0. The maximum Gasteiger partial charge on any atom is 0.251 e. The van der Waals surface area contributed by atoms with Crippen LogP contribution < -0.4 is 10.6 Å². The molecule has 3 aromatic rings. The minimum Gasteiger partial charge on any atom is -0.460 e. The summed E-state index contributed by atoms with van der Waals surface area (Å²) in [7, 11) is 0. The molecule has 0 aliphatic carbocycles. The van der Waals surface area contributed by atoms with E-state index < -0.39 is 0 Å². The van der Waals surface area contributed by atoms with Gasteiger partial charge < -0.3 is 15.1 Å². The lowest BCUT2D eigenvalue weighted by Gasteiger charge is -2.06. The number of amides is 1. The second-order valence-corrected chi connectivity index (χ2v) is 6.16. The molecule has 4 nitrogen and oxygen atoms in total. The number of para-hydroxylation sites is 1. The van der Waals surface area contributed by atoms with Crippen molar-refractivity contribution >= 4 is 16.9 Å². The number of nitrogens with one attached hydrogen (secondary N) is 2. The Labute approximate surface area is 148 Å². The maximum atomic E-state index is 12.0. The van der Waals surface area contributed by atoms with Gasteiger partial charge >= 0.3 is 0 Å². The zero-order valence-electron chi connectivity index (χ0n) is 14.5. The fraction of sp³-hybridized carbons (Fsp3) is 0.286. The number of unbranched alkanes of at least 4 members (excludes halogenated alkanes) is 1. The molecule has 0 unspecified atom stereocenters. The minimum atomic E-state index is -0.00441. The van der Waals surface area contributed by atoms with Gasteiger partial charge in [-0.05, 0) is 36.2 Å². The third-order valence-corrected chi connectivity index (χ3v) is 4.14. The first kappa shape index (κ1) is 17.2. The van der Waals surface area contributed by atoms with Gasteiger partial charge in [0.05, 0.1) is 6.54 Å². The van der Waals surface area contributed by atoms with Crippen molar-refractivity contribution in [3.8, 4) is 0 Å². The van der Waals surface area contributed by atoms with Crippen LogP contribution in [0.25, 0.3) is 11.0 Å². The van der Waals surface area contributed by atoms with Crippen LogP contribution in [0.1, 0.15) is 41.4 Å². The summed E-state index contributed by atoms with van der Waals surface area (Å²) in [6.07, 6.45) is 2.09. The van der Waals surface area contributed by atoms with E-state index in [1.54, 1.807) is 0 Å². The number of furan rings is 1. The van der Waals surface area contributed by atoms with Gasteiger partial charge in [0, 0.05) is 24.0 Å². The lowest BCUT2D eigenvalue weighted by molar-refractivity contribution is 0.0953. The predicted octanol–water partition coefficient (Wildman–Crippen LogP) is 4.25. The number of rotatable bonds is 8. The highest BCUT2D eigenvalue weighted by Gasteiger charge is 2.05. The van der Waals surface area contributed by atoms with E-state index in [-0.39, 0.29) is 5.91 Å². The summed E-state index contributed by atoms with van der Waals surface area (Å²) in [5, 5.41) is 7.43. The van der Waals surface area contributed by atoms with Crippen LogP contribution in [0.4, 0.5) is 0 Å². The molecule has 0 radical (unpaired) electrons. The van der Waals surface area contributed by atoms with Crippen LogP contribution in [-0.4, -0.2) is 12.5 Å². The summed E-state index contributed by atoms with van der Waals surface area (Å²) < 4.78 is 5.79. The molecule has 0 spiro atoms. The summed E-state index contributed by atoms with van der Waals surface area (Å²) in [6, 6.07) is 17.8. The fourth-order valence-electron chi connectivity index (χ4n) is 2.71. The molecule has 1 heterocycles. The van der Waals surface area contributed by atoms with Crippen molar-refractivity contribution in [2.24, 2.45) is 0 Å². The molecular formula is C21H24N2O2. The molecule has 0 atom stereocenters. The Morgan fingerprint density at radius 1 is 1.04 bits per heavy atom. The molecule has 4 heteroatoms. The molecule has 1 amide bonds. The average Bonchev–Trinajstić information content (AvgIpc) is 3.05. The van der Waals surface area contributed by atoms with E-state index in [9.17, 15) is 4.79 Å². The van der Waals surface area contributed by atoms with Crippen molar-refractivity contribution < 1.29 is 9.21 Å². The van der Waals surface area contributed by atoms with Crippen molar-refractivity contribution in [1.82, 2.24) is 10.6 Å². The second kappa shape index (κ2) is 8.49. The van der Waals surface area contributed by atoms with Crippen molar-refractivity contribution in [3.63, 3.8) is 0 Å². The molecule has 2 N–H and O–H groups in total. The van der Waals surface area contributed by atoms with Crippen molar-refractivity contribution in [2.45, 2.75) is 32.9 Å². The summed E-state index contributed by atoms with van der Waals surface area (Å²) in [4.78, 5) is 12.0. The van der Waals surface area contributed by atoms with Crippen LogP contribution in [0, 0.1) is 0 Å². The number of carbonyl (C=O) groups is 1. The third-order valence-electron chi connectivity index (χ3n) is 4.14. The number of hydrogen-bond acceptors (Lipinski definition) is 3. The molecule has 0 saturated heterocycles. The lowest BCUT2D eigenvalue weighted by atomic mass is 10.1. The molecular weight excluding hydrogens is 312 g/mol. The Morgan fingerprint density at radius 3 is 2.60 bits per heavy atom. The second-order valence-electron chi connectivity index (χ2n) is 6.16. The Kier molecular flexibility index (Phi) is 5.86. The number of carbonyl (C=O) groups excluding carboxylic acids is 1. The largest absolute Gasteiger partial charge is 0.460 e. The van der Waals surface area contributed by atoms with Gasteiger partial charge in [-0.25, -0.2) is 0 Å². The van der Waals surface area contributed by atoms with E-state index in [1.807, 2.05) is 48.5 Å². The molecule has 0 fully saturated rings. The molecule has 25 heavy (non-hydrogen) atoms. The Balaban J connectivity index is 1.49. The highest BCUT2D eigenvalue weighted by Crippen LogP contribution is 2.18. The van der Waals surface area contributed by atoms with Gasteiger partial charge in [-0.3, -0.25) is 4.79 Å². The first-order chi connectivity index (χ1) is 12.3. The summed E-state index contributed by atoms with van der Waals surface area (Å²) in [5.74, 6) is 0.920. The van der Waals surface area contributed by atoms with E-state index in [4.69, 9.17) is 4.42 Å². The van der Waals surface area contributed by atoms with Crippen molar-refractivity contribution in [2.75, 3.05) is 6.54 Å². The van der Waals surface area contributed by atoms with Crippen LogP contribution in [0.15, 0.2) is 59.0 Å². The molecule has 0 saturated carbocycles. The highest BCUT2D eigenvalue weighted by atomic mass is 16.3. The van der Waals surface area contributed by atoms with Crippen LogP contribution >= 0.6 is 0 Å². The van der Waals surface area contributed by atoms with Gasteiger partial charge in [0.25, 0.3) is 5.91 Å². The van der Waals surface area contributed by atoms with Crippen molar-refractivity contribution in [1.29, 1.82) is 0 Å². The van der Waals surface area contributed by atoms with Crippen molar-refractivity contribution in [3.05, 3.63) is 71.5 Å². The quantitative estimate of drug-likeness (QED) is 0.605. The zero-order valence-corrected chi connectivity index (χ0v) is 14.5. The molecule has 130 valence electrons. The smallest absolute Gasteiger partial charge is 0.251 e. The molecule has 0 aliphatic heterocycles. The van der Waals surface area contributed by atoms with E-state index in [0.717, 1.165) is 48.2 Å². The Hall–Kier alpha value is -2.59. The monoisotopic (exact) mass is 336 g/mol. The van der Waals surface area contributed by atoms with Crippen LogP contribution in [0.2, 0.25) is 0 Å². The summed E-state index contributed by atoms with van der Waals surface area (Å²) in [6.45, 7) is 4.25. The van der Waals surface area contributed by atoms with E-state index in [2.05, 4.69) is 23.6 Å². The van der Waals surface area contributed by atoms with Gasteiger partial charge in [-0.1, -0.05) is 43.7 Å². The number of fused-ring (bicyclic) bond motifs is 1. The van der Waals surface area contributed by atoms with Crippen LogP contribution in [0.3, 0.4) is 0 Å². The fourth-order valence-corrected chi connectivity index (χ4v) is 2.71. The number of hydrogen-bond donors (Lipinski definition) is 2. The Bertz CT molecular complexity index is 788. The van der Waals surface area contributed by atoms with Crippen LogP contribution in [-0.2, 0) is 13.1 Å². The predicted molar refractivity (Wildman–Crippen MR) is 100 cm³/mol. The van der Waals surface area contributed by atoms with E-state index in [1.165, 1.54) is 0 Å². The van der Waals surface area contributed by atoms with Gasteiger partial charge in [0.1, 0.15) is 11.3 Å². The topological polar surface area (TPSA) is 54.3 Å². The van der Waals surface area contributed by atoms with Crippen LogP contribution in [0.5, 0.6) is 0 Å². The summed E-state index contributed by atoms with van der Waals surface area (Å²) in [5.41, 5.74) is 2.76. The van der Waals surface area contributed by atoms with E-state index in [0.29, 0.717) is 12.1 Å². The molecule has 1 aromatic heterocycles. The maximum absolute atomic E-state index is 12.0. The zero-order chi connectivity index (χ0) is 17.5. The van der Waals surface area contributed by atoms with Gasteiger partial charge in [0.15, 0.2) is 0 Å². The standard InChI is InChI=1S/C21H24N2O2/c1-2-3-12-23-21(24)17-10-8-16(9-11-17)14-22-15-19-13-18-6-4-5-7-20(18)25-19/h4-11,13,22H,2-3,12,14-15H2,1H3,(H,23,24). The molecule has 3 rings (SSSR count). The Morgan fingerprint density at radius 2 is 1.84 bits per heavy atom. The normalized spacial score (nSPS) is 10.9. The molecule has 2 aromatic carbocycles. The molecule has 0 aliphatic rings. The van der Waals surface area contributed by atoms with Gasteiger partial charge in [-0.15, -0.1) is 0 Å².